The van der Waals surface area contributed by atoms with Crippen LogP contribution in [0.1, 0.15) is 29.9 Å². The van der Waals surface area contributed by atoms with Gasteiger partial charge in [0.15, 0.2) is 0 Å². The maximum absolute atomic E-state index is 11.9. The third-order valence-corrected chi connectivity index (χ3v) is 3.62. The second-order valence-corrected chi connectivity index (χ2v) is 5.22. The number of benzene rings is 1. The molecule has 19 heavy (non-hydrogen) atoms. The molecule has 108 valence electrons. The molecule has 0 spiro atoms. The number of hydrogen-bond acceptors (Lipinski definition) is 1. The summed E-state index contributed by atoms with van der Waals surface area (Å²) >= 11 is 3.45. The highest BCUT2D eigenvalue weighted by molar-refractivity contribution is 9.09. The number of rotatable bonds is 7. The maximum Gasteiger partial charge on any atom is 0.411 e. The van der Waals surface area contributed by atoms with Crippen molar-refractivity contribution in [2.24, 2.45) is 0 Å². The quantitative estimate of drug-likeness (QED) is 0.511. The Hall–Kier alpha value is -0.550. The van der Waals surface area contributed by atoms with E-state index in [1.165, 1.54) is 11.1 Å². The van der Waals surface area contributed by atoms with Crippen molar-refractivity contribution in [2.45, 2.75) is 31.9 Å². The summed E-state index contributed by atoms with van der Waals surface area (Å²) in [6.45, 7) is 1.02. The minimum atomic E-state index is -4.23. The molecule has 0 amide bonds. The van der Waals surface area contributed by atoms with Crippen molar-refractivity contribution >= 4 is 15.9 Å². The summed E-state index contributed by atoms with van der Waals surface area (Å²) in [7, 11) is 0. The van der Waals surface area contributed by atoms with Crippen molar-refractivity contribution in [1.29, 1.82) is 0 Å². The zero-order chi connectivity index (χ0) is 14.3. The van der Waals surface area contributed by atoms with E-state index in [2.05, 4.69) is 32.8 Å². The summed E-state index contributed by atoms with van der Waals surface area (Å²) in [5.74, 6) is 0.315. The number of halogens is 4. The normalized spacial score (nSPS) is 13.5. The molecule has 0 bridgehead atoms. The number of aryl methyl sites for hydroxylation is 1. The number of ether oxygens (including phenoxy) is 1. The Morgan fingerprint density at radius 3 is 2.37 bits per heavy atom. The van der Waals surface area contributed by atoms with Gasteiger partial charge in [-0.1, -0.05) is 45.8 Å². The molecule has 0 fully saturated rings. The van der Waals surface area contributed by atoms with E-state index >= 15 is 0 Å². The van der Waals surface area contributed by atoms with Crippen LogP contribution in [0.3, 0.4) is 0 Å². The second kappa shape index (κ2) is 7.90. The van der Waals surface area contributed by atoms with Crippen molar-refractivity contribution in [3.05, 3.63) is 35.4 Å². The molecule has 0 N–H and O–H groups in total. The minimum Gasteiger partial charge on any atom is -0.372 e. The SMILES string of the molecule is Cc1ccc(C(CBr)CCCOCC(F)(F)F)cc1. The van der Waals surface area contributed by atoms with Crippen LogP contribution in [0.5, 0.6) is 0 Å². The summed E-state index contributed by atoms with van der Waals surface area (Å²) in [4.78, 5) is 0. The highest BCUT2D eigenvalue weighted by atomic mass is 79.9. The topological polar surface area (TPSA) is 9.23 Å². The summed E-state index contributed by atoms with van der Waals surface area (Å²) in [6, 6.07) is 8.23. The van der Waals surface area contributed by atoms with E-state index in [0.29, 0.717) is 12.3 Å². The van der Waals surface area contributed by atoms with Gasteiger partial charge in [0.1, 0.15) is 6.61 Å². The predicted molar refractivity (Wildman–Crippen MR) is 73.8 cm³/mol. The fourth-order valence-corrected chi connectivity index (χ4v) is 2.49. The average molecular weight is 339 g/mol. The Bertz CT molecular complexity index is 362. The molecule has 0 aliphatic carbocycles. The van der Waals surface area contributed by atoms with Gasteiger partial charge in [0, 0.05) is 11.9 Å². The first-order valence-electron chi connectivity index (χ1n) is 6.19. The van der Waals surface area contributed by atoms with Crippen LogP contribution in [0, 0.1) is 6.92 Å². The third-order valence-electron chi connectivity index (χ3n) is 2.84. The Balaban J connectivity index is 2.31. The lowest BCUT2D eigenvalue weighted by Crippen LogP contribution is -2.17. The Kier molecular flexibility index (Phi) is 6.86. The van der Waals surface area contributed by atoms with Crippen LogP contribution in [-0.2, 0) is 4.74 Å². The van der Waals surface area contributed by atoms with E-state index in [9.17, 15) is 13.2 Å². The van der Waals surface area contributed by atoms with Gasteiger partial charge in [0.05, 0.1) is 0 Å². The van der Waals surface area contributed by atoms with Crippen LogP contribution in [0.25, 0.3) is 0 Å². The smallest absolute Gasteiger partial charge is 0.372 e. The minimum absolute atomic E-state index is 0.148. The van der Waals surface area contributed by atoms with Crippen LogP contribution in [0.2, 0.25) is 0 Å². The van der Waals surface area contributed by atoms with Gasteiger partial charge in [-0.15, -0.1) is 0 Å². The van der Waals surface area contributed by atoms with E-state index < -0.39 is 12.8 Å². The standard InChI is InChI=1S/C14H18BrF3O/c1-11-4-6-12(7-5-11)13(9-15)3-2-8-19-10-14(16,17)18/h4-7,13H,2-3,8-10H2,1H3. The largest absolute Gasteiger partial charge is 0.411 e. The lowest BCUT2D eigenvalue weighted by Gasteiger charge is -2.15. The molecule has 1 aromatic rings. The van der Waals surface area contributed by atoms with Crippen molar-refractivity contribution in [2.75, 3.05) is 18.5 Å². The summed E-state index contributed by atoms with van der Waals surface area (Å²) in [6.07, 6.45) is -2.79. The van der Waals surface area contributed by atoms with Gasteiger partial charge in [-0.2, -0.15) is 13.2 Å². The molecule has 0 heterocycles. The monoisotopic (exact) mass is 338 g/mol. The van der Waals surface area contributed by atoms with Gasteiger partial charge in [-0.3, -0.25) is 0 Å². The zero-order valence-electron chi connectivity index (χ0n) is 10.8. The molecule has 0 radical (unpaired) electrons. The Labute approximate surface area is 120 Å². The molecule has 1 rings (SSSR count). The predicted octanol–water partition coefficient (Wildman–Crippen LogP) is 4.83. The van der Waals surface area contributed by atoms with Crippen molar-refractivity contribution in [1.82, 2.24) is 0 Å². The zero-order valence-corrected chi connectivity index (χ0v) is 12.4. The first-order valence-corrected chi connectivity index (χ1v) is 7.31. The van der Waals surface area contributed by atoms with Gasteiger partial charge in [0.2, 0.25) is 0 Å². The molecule has 1 aromatic carbocycles. The van der Waals surface area contributed by atoms with Crippen LogP contribution in [0.4, 0.5) is 13.2 Å². The summed E-state index contributed by atoms with van der Waals surface area (Å²) in [5.41, 5.74) is 2.41. The molecule has 0 saturated carbocycles. The Morgan fingerprint density at radius 2 is 1.84 bits per heavy atom. The molecule has 5 heteroatoms. The first kappa shape index (κ1) is 16.5. The highest BCUT2D eigenvalue weighted by Gasteiger charge is 2.27. The lowest BCUT2D eigenvalue weighted by atomic mass is 9.96. The van der Waals surface area contributed by atoms with Crippen molar-refractivity contribution in [3.8, 4) is 0 Å². The summed E-state index contributed by atoms with van der Waals surface area (Å²) < 4.78 is 40.2. The molecule has 0 aliphatic rings. The van der Waals surface area contributed by atoms with Crippen molar-refractivity contribution < 1.29 is 17.9 Å². The summed E-state index contributed by atoms with van der Waals surface area (Å²) in [5, 5.41) is 0.801. The first-order chi connectivity index (χ1) is 8.92. The molecule has 0 aromatic heterocycles. The Morgan fingerprint density at radius 1 is 1.21 bits per heavy atom. The van der Waals surface area contributed by atoms with Gasteiger partial charge >= 0.3 is 6.18 Å². The van der Waals surface area contributed by atoms with Crippen LogP contribution in [0.15, 0.2) is 24.3 Å². The van der Waals surface area contributed by atoms with Gasteiger partial charge < -0.3 is 4.74 Å². The van der Waals surface area contributed by atoms with E-state index in [1.807, 2.05) is 19.1 Å². The fraction of sp³-hybridized carbons (Fsp3) is 0.571. The fourth-order valence-electron chi connectivity index (χ4n) is 1.79. The van der Waals surface area contributed by atoms with E-state index in [-0.39, 0.29) is 6.61 Å². The van der Waals surface area contributed by atoms with Crippen LogP contribution >= 0.6 is 15.9 Å². The average Bonchev–Trinajstić information content (AvgIpc) is 2.34. The molecule has 0 aliphatic heterocycles. The molecule has 1 atom stereocenters. The van der Waals surface area contributed by atoms with Crippen LogP contribution in [-0.4, -0.2) is 24.7 Å². The van der Waals surface area contributed by atoms with Crippen LogP contribution < -0.4 is 0 Å². The number of hydrogen-bond donors (Lipinski definition) is 0. The van der Waals surface area contributed by atoms with Gasteiger partial charge in [0.25, 0.3) is 0 Å². The van der Waals surface area contributed by atoms with Gasteiger partial charge in [-0.25, -0.2) is 0 Å². The van der Waals surface area contributed by atoms with E-state index in [0.717, 1.165) is 11.8 Å². The lowest BCUT2D eigenvalue weighted by molar-refractivity contribution is -0.174. The van der Waals surface area contributed by atoms with E-state index in [1.54, 1.807) is 0 Å². The van der Waals surface area contributed by atoms with Crippen molar-refractivity contribution in [3.63, 3.8) is 0 Å². The second-order valence-electron chi connectivity index (χ2n) is 4.57. The number of alkyl halides is 4. The molecule has 1 nitrogen and oxygen atoms in total. The van der Waals surface area contributed by atoms with E-state index in [4.69, 9.17) is 0 Å². The third kappa shape index (κ3) is 6.97. The highest BCUT2D eigenvalue weighted by Crippen LogP contribution is 2.24. The molecule has 0 saturated heterocycles. The molecule has 1 unspecified atom stereocenters. The molecular weight excluding hydrogens is 321 g/mol. The maximum atomic E-state index is 11.9. The van der Waals surface area contributed by atoms with Gasteiger partial charge in [-0.05, 0) is 31.2 Å². The molecular formula is C14H18BrF3O.